The predicted molar refractivity (Wildman–Crippen MR) is 88.9 cm³/mol. The molecule has 0 radical (unpaired) electrons. The second-order valence-electron chi connectivity index (χ2n) is 5.65. The Kier molecular flexibility index (Phi) is 5.43. The first-order valence-corrected chi connectivity index (χ1v) is 7.93. The van der Waals surface area contributed by atoms with E-state index in [4.69, 9.17) is 11.6 Å². The topological polar surface area (TPSA) is 29.9 Å². The number of rotatable bonds is 6. The van der Waals surface area contributed by atoms with E-state index in [1.165, 1.54) is 5.56 Å². The van der Waals surface area contributed by atoms with Crippen molar-refractivity contribution in [2.45, 2.75) is 46.2 Å². The molecule has 1 N–H and O–H groups in total. The maximum atomic E-state index is 6.26. The number of hydrogen-bond acceptors (Lipinski definition) is 2. The van der Waals surface area contributed by atoms with Gasteiger partial charge < -0.3 is 5.32 Å². The quantitative estimate of drug-likeness (QED) is 0.861. The van der Waals surface area contributed by atoms with E-state index < -0.39 is 0 Å². The fourth-order valence-corrected chi connectivity index (χ4v) is 2.70. The highest BCUT2D eigenvalue weighted by Crippen LogP contribution is 2.26. The lowest BCUT2D eigenvalue weighted by molar-refractivity contribution is 0.506. The van der Waals surface area contributed by atoms with E-state index in [0.29, 0.717) is 6.04 Å². The van der Waals surface area contributed by atoms with E-state index >= 15 is 0 Å². The van der Waals surface area contributed by atoms with Gasteiger partial charge in [0.05, 0.1) is 5.69 Å². The zero-order chi connectivity index (χ0) is 15.4. The van der Waals surface area contributed by atoms with Crippen LogP contribution >= 0.6 is 11.6 Å². The van der Waals surface area contributed by atoms with Crippen molar-refractivity contribution in [1.82, 2.24) is 15.1 Å². The summed E-state index contributed by atoms with van der Waals surface area (Å²) in [4.78, 5) is 0. The molecule has 4 heteroatoms. The number of halogens is 1. The van der Waals surface area contributed by atoms with Crippen LogP contribution in [-0.2, 0) is 6.42 Å². The van der Waals surface area contributed by atoms with Crippen LogP contribution in [0.15, 0.2) is 30.5 Å². The van der Waals surface area contributed by atoms with Gasteiger partial charge in [-0.2, -0.15) is 5.10 Å². The van der Waals surface area contributed by atoms with Crippen molar-refractivity contribution in [2.24, 2.45) is 0 Å². The van der Waals surface area contributed by atoms with Gasteiger partial charge in [0.2, 0.25) is 0 Å². The predicted octanol–water partition coefficient (Wildman–Crippen LogP) is 4.32. The van der Waals surface area contributed by atoms with E-state index in [-0.39, 0.29) is 6.04 Å². The molecule has 0 fully saturated rings. The van der Waals surface area contributed by atoms with Gasteiger partial charge in [0, 0.05) is 29.7 Å². The van der Waals surface area contributed by atoms with E-state index in [0.717, 1.165) is 29.2 Å². The fourth-order valence-electron chi connectivity index (χ4n) is 2.52. The lowest BCUT2D eigenvalue weighted by Crippen LogP contribution is -2.24. The standard InChI is InChI=1S/C17H24ClN3/c1-5-19-17(15-7-6-8-16(18)13(15)4)11-14-9-10-21(20-14)12(2)3/h6-10,12,17,19H,5,11H2,1-4H3. The number of likely N-dealkylation sites (N-methyl/N-ethyl adjacent to an activating group) is 1. The summed E-state index contributed by atoms with van der Waals surface area (Å²) in [5.41, 5.74) is 3.51. The number of nitrogens with zero attached hydrogens (tertiary/aromatic N) is 2. The maximum absolute atomic E-state index is 6.26. The van der Waals surface area contributed by atoms with Crippen molar-refractivity contribution in [3.8, 4) is 0 Å². The molecule has 0 saturated carbocycles. The summed E-state index contributed by atoms with van der Waals surface area (Å²) < 4.78 is 2.00. The number of nitrogens with one attached hydrogen (secondary N) is 1. The van der Waals surface area contributed by atoms with Crippen LogP contribution in [0.2, 0.25) is 5.02 Å². The highest BCUT2D eigenvalue weighted by Gasteiger charge is 2.16. The minimum absolute atomic E-state index is 0.240. The molecule has 1 heterocycles. The zero-order valence-electron chi connectivity index (χ0n) is 13.2. The van der Waals surface area contributed by atoms with Crippen molar-refractivity contribution in [1.29, 1.82) is 0 Å². The fraction of sp³-hybridized carbons (Fsp3) is 0.471. The van der Waals surface area contributed by atoms with Crippen molar-refractivity contribution in [3.63, 3.8) is 0 Å². The highest BCUT2D eigenvalue weighted by molar-refractivity contribution is 6.31. The molecule has 1 atom stereocenters. The summed E-state index contributed by atoms with van der Waals surface area (Å²) >= 11 is 6.26. The molecule has 3 nitrogen and oxygen atoms in total. The number of aromatic nitrogens is 2. The van der Waals surface area contributed by atoms with Gasteiger partial charge in [-0.3, -0.25) is 4.68 Å². The van der Waals surface area contributed by atoms with Gasteiger partial charge in [-0.05, 0) is 50.6 Å². The van der Waals surface area contributed by atoms with Gasteiger partial charge in [0.1, 0.15) is 0 Å². The summed E-state index contributed by atoms with van der Waals surface area (Å²) in [5, 5.41) is 9.02. The molecule has 1 aromatic carbocycles. The molecule has 0 saturated heterocycles. The summed E-state index contributed by atoms with van der Waals surface area (Å²) in [7, 11) is 0. The Hall–Kier alpha value is -1.32. The third kappa shape index (κ3) is 3.86. The monoisotopic (exact) mass is 305 g/mol. The first-order valence-electron chi connectivity index (χ1n) is 7.55. The molecule has 1 unspecified atom stereocenters. The normalized spacial score (nSPS) is 12.9. The molecule has 0 amide bonds. The average Bonchev–Trinajstić information content (AvgIpc) is 2.90. The van der Waals surface area contributed by atoms with Crippen molar-refractivity contribution < 1.29 is 0 Å². The van der Waals surface area contributed by atoms with Crippen molar-refractivity contribution >= 4 is 11.6 Å². The third-order valence-electron chi connectivity index (χ3n) is 3.74. The third-order valence-corrected chi connectivity index (χ3v) is 4.15. The second kappa shape index (κ2) is 7.10. The van der Waals surface area contributed by atoms with E-state index in [1.54, 1.807) is 0 Å². The molecular weight excluding hydrogens is 282 g/mol. The molecule has 114 valence electrons. The van der Waals surface area contributed by atoms with Crippen LogP contribution in [0.1, 0.15) is 49.7 Å². The molecular formula is C17H24ClN3. The van der Waals surface area contributed by atoms with Crippen LogP contribution in [0.5, 0.6) is 0 Å². The van der Waals surface area contributed by atoms with Gasteiger partial charge in [-0.1, -0.05) is 30.7 Å². The lowest BCUT2D eigenvalue weighted by atomic mass is 9.97. The van der Waals surface area contributed by atoms with E-state index in [9.17, 15) is 0 Å². The zero-order valence-corrected chi connectivity index (χ0v) is 14.0. The van der Waals surface area contributed by atoms with Crippen LogP contribution in [0.3, 0.4) is 0 Å². The molecule has 0 aliphatic heterocycles. The first kappa shape index (κ1) is 16.1. The van der Waals surface area contributed by atoms with Crippen LogP contribution in [-0.4, -0.2) is 16.3 Å². The van der Waals surface area contributed by atoms with Crippen LogP contribution in [0.4, 0.5) is 0 Å². The van der Waals surface area contributed by atoms with Crippen molar-refractivity contribution in [3.05, 3.63) is 52.3 Å². The first-order chi connectivity index (χ1) is 10.0. The molecule has 0 spiro atoms. The average molecular weight is 306 g/mol. The van der Waals surface area contributed by atoms with Gasteiger partial charge >= 0.3 is 0 Å². The lowest BCUT2D eigenvalue weighted by Gasteiger charge is -2.20. The van der Waals surface area contributed by atoms with Crippen LogP contribution < -0.4 is 5.32 Å². The highest BCUT2D eigenvalue weighted by atomic mass is 35.5. The SMILES string of the molecule is CCNC(Cc1ccn(C(C)C)n1)c1cccc(Cl)c1C. The summed E-state index contributed by atoms with van der Waals surface area (Å²) in [6.07, 6.45) is 2.92. The Morgan fingerprint density at radius 2 is 2.05 bits per heavy atom. The molecule has 1 aromatic heterocycles. The van der Waals surface area contributed by atoms with E-state index in [2.05, 4.69) is 50.2 Å². The Morgan fingerprint density at radius 1 is 1.29 bits per heavy atom. The Morgan fingerprint density at radius 3 is 2.67 bits per heavy atom. The maximum Gasteiger partial charge on any atom is 0.0643 e. The number of benzene rings is 1. The largest absolute Gasteiger partial charge is 0.310 e. The van der Waals surface area contributed by atoms with Crippen LogP contribution in [0.25, 0.3) is 0 Å². The summed E-state index contributed by atoms with van der Waals surface area (Å²) in [5.74, 6) is 0. The van der Waals surface area contributed by atoms with Crippen molar-refractivity contribution in [2.75, 3.05) is 6.54 Å². The molecule has 21 heavy (non-hydrogen) atoms. The molecule has 2 aromatic rings. The summed E-state index contributed by atoms with van der Waals surface area (Å²) in [6.45, 7) is 9.40. The molecule has 2 rings (SSSR count). The molecule has 0 aliphatic rings. The minimum atomic E-state index is 0.240. The van der Waals surface area contributed by atoms with Gasteiger partial charge in [-0.25, -0.2) is 0 Å². The Balaban J connectivity index is 2.24. The minimum Gasteiger partial charge on any atom is -0.310 e. The van der Waals surface area contributed by atoms with Gasteiger partial charge in [-0.15, -0.1) is 0 Å². The Labute approximate surface area is 132 Å². The number of hydrogen-bond donors (Lipinski definition) is 1. The van der Waals surface area contributed by atoms with E-state index in [1.807, 2.05) is 23.0 Å². The molecule has 0 bridgehead atoms. The smallest absolute Gasteiger partial charge is 0.0643 e. The Bertz CT molecular complexity index is 589. The molecule has 0 aliphatic carbocycles. The second-order valence-corrected chi connectivity index (χ2v) is 6.06. The van der Waals surface area contributed by atoms with Crippen LogP contribution in [0, 0.1) is 6.92 Å². The summed E-state index contributed by atoms with van der Waals surface area (Å²) in [6, 6.07) is 8.84. The van der Waals surface area contributed by atoms with Gasteiger partial charge in [0.25, 0.3) is 0 Å². The van der Waals surface area contributed by atoms with Gasteiger partial charge in [0.15, 0.2) is 0 Å².